The lowest BCUT2D eigenvalue weighted by Crippen LogP contribution is -2.49. The predicted octanol–water partition coefficient (Wildman–Crippen LogP) is 2.83. The number of hydrogen-bond acceptors (Lipinski definition) is 6. The number of aryl methyl sites for hydroxylation is 1. The van der Waals surface area contributed by atoms with E-state index in [1.54, 1.807) is 22.0 Å². The smallest absolute Gasteiger partial charge is 0.406 e. The van der Waals surface area contributed by atoms with Gasteiger partial charge in [-0.15, -0.1) is 13.2 Å². The van der Waals surface area contributed by atoms with Gasteiger partial charge in [0.25, 0.3) is 5.91 Å². The number of carbonyl (C=O) groups is 1. The standard InChI is InChI=1S/C20H19F3N6O2/c1-14-25-17(13-18(26-14)29-8-2-7-24-29)27-9-11-28(12-10-27)19(30)15-3-5-16(6-4-15)31-20(21,22)23/h2-8,13H,9-12H2,1H3. The van der Waals surface area contributed by atoms with Gasteiger partial charge in [-0.25, -0.2) is 14.6 Å². The fourth-order valence-corrected chi connectivity index (χ4v) is 3.34. The average molecular weight is 432 g/mol. The molecule has 0 bridgehead atoms. The molecule has 0 radical (unpaired) electrons. The van der Waals surface area contributed by atoms with Crippen molar-refractivity contribution in [2.45, 2.75) is 13.3 Å². The van der Waals surface area contributed by atoms with E-state index in [-0.39, 0.29) is 11.7 Å². The number of piperazine rings is 1. The summed E-state index contributed by atoms with van der Waals surface area (Å²) in [6, 6.07) is 8.59. The van der Waals surface area contributed by atoms with E-state index in [9.17, 15) is 18.0 Å². The van der Waals surface area contributed by atoms with Crippen molar-refractivity contribution in [2.24, 2.45) is 0 Å². The Balaban J connectivity index is 1.40. The maximum Gasteiger partial charge on any atom is 0.573 e. The minimum Gasteiger partial charge on any atom is -0.406 e. The van der Waals surface area contributed by atoms with Crippen molar-refractivity contribution in [1.82, 2.24) is 24.6 Å². The van der Waals surface area contributed by atoms with E-state index < -0.39 is 6.36 Å². The molecule has 1 fully saturated rings. The highest BCUT2D eigenvalue weighted by Crippen LogP contribution is 2.23. The summed E-state index contributed by atoms with van der Waals surface area (Å²) in [5.74, 6) is 1.42. The molecule has 1 aliphatic rings. The van der Waals surface area contributed by atoms with E-state index >= 15 is 0 Å². The highest BCUT2D eigenvalue weighted by Gasteiger charge is 2.31. The van der Waals surface area contributed by atoms with Gasteiger partial charge in [0.05, 0.1) is 0 Å². The van der Waals surface area contributed by atoms with Crippen LogP contribution >= 0.6 is 0 Å². The number of carbonyl (C=O) groups excluding carboxylic acids is 1. The zero-order valence-electron chi connectivity index (χ0n) is 16.6. The van der Waals surface area contributed by atoms with Crippen LogP contribution in [0.2, 0.25) is 0 Å². The summed E-state index contributed by atoms with van der Waals surface area (Å²) in [7, 11) is 0. The van der Waals surface area contributed by atoms with Crippen LogP contribution in [0, 0.1) is 6.92 Å². The molecule has 3 aromatic rings. The van der Waals surface area contributed by atoms with Gasteiger partial charge in [-0.2, -0.15) is 5.10 Å². The minimum atomic E-state index is -4.77. The van der Waals surface area contributed by atoms with Gasteiger partial charge in [-0.1, -0.05) is 0 Å². The summed E-state index contributed by atoms with van der Waals surface area (Å²) >= 11 is 0. The second kappa shape index (κ2) is 8.25. The molecule has 162 valence electrons. The largest absolute Gasteiger partial charge is 0.573 e. The van der Waals surface area contributed by atoms with Crippen LogP contribution in [-0.4, -0.2) is 63.1 Å². The molecule has 2 aromatic heterocycles. The Morgan fingerprint density at radius 3 is 2.32 bits per heavy atom. The first kappa shape index (κ1) is 20.6. The SMILES string of the molecule is Cc1nc(N2CCN(C(=O)c3ccc(OC(F)(F)F)cc3)CC2)cc(-n2cccn2)n1. The maximum atomic E-state index is 12.7. The van der Waals surface area contributed by atoms with Gasteiger partial charge >= 0.3 is 6.36 Å². The summed E-state index contributed by atoms with van der Waals surface area (Å²) in [4.78, 5) is 25.3. The summed E-state index contributed by atoms with van der Waals surface area (Å²) in [6.45, 7) is 3.86. The Morgan fingerprint density at radius 2 is 1.71 bits per heavy atom. The van der Waals surface area contributed by atoms with Crippen molar-refractivity contribution in [3.8, 4) is 11.6 Å². The molecule has 31 heavy (non-hydrogen) atoms. The van der Waals surface area contributed by atoms with Crippen molar-refractivity contribution >= 4 is 11.7 Å². The molecule has 1 amide bonds. The molecule has 3 heterocycles. The quantitative estimate of drug-likeness (QED) is 0.631. The summed E-state index contributed by atoms with van der Waals surface area (Å²) in [5, 5.41) is 4.19. The van der Waals surface area contributed by atoms with E-state index in [0.29, 0.717) is 43.4 Å². The molecule has 8 nitrogen and oxygen atoms in total. The first-order valence-electron chi connectivity index (χ1n) is 9.54. The Kier molecular flexibility index (Phi) is 5.49. The van der Waals surface area contributed by atoms with Crippen LogP contribution in [0.15, 0.2) is 48.8 Å². The Hall–Kier alpha value is -3.63. The fourth-order valence-electron chi connectivity index (χ4n) is 3.34. The molecular weight excluding hydrogens is 413 g/mol. The number of amides is 1. The number of benzene rings is 1. The van der Waals surface area contributed by atoms with E-state index in [2.05, 4.69) is 24.7 Å². The summed E-state index contributed by atoms with van der Waals surface area (Å²) in [6.07, 6.45) is -1.30. The Labute approximate surface area is 175 Å². The van der Waals surface area contributed by atoms with Gasteiger partial charge in [-0.05, 0) is 37.3 Å². The van der Waals surface area contributed by atoms with Gasteiger partial charge < -0.3 is 14.5 Å². The van der Waals surface area contributed by atoms with Crippen molar-refractivity contribution in [1.29, 1.82) is 0 Å². The molecule has 0 spiro atoms. The molecule has 4 rings (SSSR count). The van der Waals surface area contributed by atoms with Crippen LogP contribution in [0.4, 0.5) is 19.0 Å². The monoisotopic (exact) mass is 432 g/mol. The normalized spacial score (nSPS) is 14.6. The topological polar surface area (TPSA) is 76.4 Å². The third kappa shape index (κ3) is 4.93. The number of rotatable bonds is 4. The number of anilines is 1. The molecule has 0 N–H and O–H groups in total. The van der Waals surface area contributed by atoms with Crippen molar-refractivity contribution in [3.63, 3.8) is 0 Å². The Morgan fingerprint density at radius 1 is 1.03 bits per heavy atom. The maximum absolute atomic E-state index is 12.7. The third-order valence-electron chi connectivity index (χ3n) is 4.78. The summed E-state index contributed by atoms with van der Waals surface area (Å²) in [5.41, 5.74) is 0.307. The van der Waals surface area contributed by atoms with Crippen LogP contribution in [-0.2, 0) is 0 Å². The van der Waals surface area contributed by atoms with Crippen LogP contribution < -0.4 is 9.64 Å². The van der Waals surface area contributed by atoms with E-state index in [1.165, 1.54) is 12.1 Å². The molecule has 11 heteroatoms. The first-order chi connectivity index (χ1) is 14.8. The molecule has 0 saturated carbocycles. The van der Waals surface area contributed by atoms with Crippen LogP contribution in [0.5, 0.6) is 5.75 Å². The van der Waals surface area contributed by atoms with Gasteiger partial charge in [0.2, 0.25) is 0 Å². The van der Waals surface area contributed by atoms with Gasteiger partial charge in [-0.3, -0.25) is 4.79 Å². The van der Waals surface area contributed by atoms with Gasteiger partial charge in [0, 0.05) is 50.2 Å². The first-order valence-corrected chi connectivity index (χ1v) is 9.54. The number of nitrogens with zero attached hydrogens (tertiary/aromatic N) is 6. The zero-order chi connectivity index (χ0) is 22.0. The second-order valence-electron chi connectivity index (χ2n) is 6.93. The van der Waals surface area contributed by atoms with E-state index in [0.717, 1.165) is 18.0 Å². The molecule has 0 aliphatic carbocycles. The van der Waals surface area contributed by atoms with Crippen molar-refractivity contribution in [3.05, 3.63) is 60.2 Å². The lowest BCUT2D eigenvalue weighted by Gasteiger charge is -2.35. The highest BCUT2D eigenvalue weighted by molar-refractivity contribution is 5.94. The number of hydrogen-bond donors (Lipinski definition) is 0. The van der Waals surface area contributed by atoms with Crippen LogP contribution in [0.25, 0.3) is 5.82 Å². The van der Waals surface area contributed by atoms with E-state index in [1.807, 2.05) is 19.1 Å². The number of ether oxygens (including phenoxy) is 1. The number of alkyl halides is 3. The lowest BCUT2D eigenvalue weighted by atomic mass is 10.1. The number of aromatic nitrogens is 4. The molecular formula is C20H19F3N6O2. The average Bonchev–Trinajstić information content (AvgIpc) is 3.27. The van der Waals surface area contributed by atoms with E-state index in [4.69, 9.17) is 0 Å². The molecule has 0 atom stereocenters. The molecule has 1 saturated heterocycles. The van der Waals surface area contributed by atoms with Crippen molar-refractivity contribution in [2.75, 3.05) is 31.1 Å². The fraction of sp³-hybridized carbons (Fsp3) is 0.300. The summed E-state index contributed by atoms with van der Waals surface area (Å²) < 4.78 is 42.3. The minimum absolute atomic E-state index is 0.241. The number of halogens is 3. The van der Waals surface area contributed by atoms with Crippen LogP contribution in [0.3, 0.4) is 0 Å². The Bertz CT molecular complexity index is 1050. The highest BCUT2D eigenvalue weighted by atomic mass is 19.4. The van der Waals surface area contributed by atoms with Gasteiger partial charge in [0.15, 0.2) is 5.82 Å². The molecule has 1 aromatic carbocycles. The predicted molar refractivity (Wildman–Crippen MR) is 105 cm³/mol. The zero-order valence-corrected chi connectivity index (χ0v) is 16.6. The van der Waals surface area contributed by atoms with Gasteiger partial charge in [0.1, 0.15) is 17.4 Å². The second-order valence-corrected chi connectivity index (χ2v) is 6.93. The molecule has 1 aliphatic heterocycles. The lowest BCUT2D eigenvalue weighted by molar-refractivity contribution is -0.274. The third-order valence-corrected chi connectivity index (χ3v) is 4.78. The van der Waals surface area contributed by atoms with Crippen molar-refractivity contribution < 1.29 is 22.7 Å². The van der Waals surface area contributed by atoms with Crippen LogP contribution in [0.1, 0.15) is 16.2 Å². The molecule has 0 unspecified atom stereocenters.